The van der Waals surface area contributed by atoms with Crippen molar-refractivity contribution >= 4 is 17.4 Å². The number of hydrogen-bond acceptors (Lipinski definition) is 5. The monoisotopic (exact) mass is 474 g/mol. The number of nitrogens with zero attached hydrogens (tertiary/aromatic N) is 4. The molecule has 0 radical (unpaired) electrons. The minimum absolute atomic E-state index is 0.0446. The van der Waals surface area contributed by atoms with E-state index < -0.39 is 24.2 Å². The van der Waals surface area contributed by atoms with E-state index in [9.17, 15) is 22.4 Å². The summed E-state index contributed by atoms with van der Waals surface area (Å²) in [7, 11) is 0. The van der Waals surface area contributed by atoms with Crippen molar-refractivity contribution in [2.75, 3.05) is 10.6 Å². The number of furan rings is 1. The number of rotatable bonds is 5. The molecule has 1 amide bonds. The molecule has 0 bridgehead atoms. The Bertz CT molecular complexity index is 1290. The molecule has 5 rings (SSSR count). The quantitative estimate of drug-likeness (QED) is 0.407. The largest absolute Gasteiger partial charge is 0.467 e. The first-order valence-corrected chi connectivity index (χ1v) is 10.3. The molecule has 1 aromatic carbocycles. The molecular formula is C22H18F4N6O2. The van der Waals surface area contributed by atoms with Crippen LogP contribution in [0.1, 0.15) is 40.2 Å². The summed E-state index contributed by atoms with van der Waals surface area (Å²) in [5.41, 5.74) is 1.11. The standard InChI is InChI=1S/C22H18F4N6O2/c23-14-5-3-13(4-6-14)11-31-12-15(9-27-31)29-21(33)16-10-28-32-19(22(24,25)26)8-17(30-20(16)32)18-2-1-7-34-18/h1-7,9-10,12,17,19,30H,8,11H2,(H,29,33)/t17-,19+/m1/s1. The lowest BCUT2D eigenvalue weighted by atomic mass is 10.0. The maximum atomic E-state index is 13.7. The first-order valence-electron chi connectivity index (χ1n) is 10.3. The Morgan fingerprint density at radius 2 is 1.97 bits per heavy atom. The molecule has 12 heteroatoms. The third kappa shape index (κ3) is 4.26. The summed E-state index contributed by atoms with van der Waals surface area (Å²) in [5, 5.41) is 13.6. The van der Waals surface area contributed by atoms with Gasteiger partial charge in [-0.15, -0.1) is 0 Å². The number of anilines is 2. The van der Waals surface area contributed by atoms with Crippen LogP contribution in [-0.4, -0.2) is 31.6 Å². The molecular weight excluding hydrogens is 456 g/mol. The van der Waals surface area contributed by atoms with E-state index in [1.807, 2.05) is 0 Å². The zero-order valence-corrected chi connectivity index (χ0v) is 17.5. The van der Waals surface area contributed by atoms with Crippen LogP contribution in [0.4, 0.5) is 29.1 Å². The van der Waals surface area contributed by atoms with Gasteiger partial charge in [0.05, 0.1) is 36.9 Å². The van der Waals surface area contributed by atoms with Crippen LogP contribution in [0, 0.1) is 5.82 Å². The first-order chi connectivity index (χ1) is 16.3. The second-order valence-corrected chi connectivity index (χ2v) is 7.86. The van der Waals surface area contributed by atoms with Crippen LogP contribution in [0.15, 0.2) is 65.7 Å². The zero-order valence-electron chi connectivity index (χ0n) is 17.5. The minimum atomic E-state index is -4.57. The summed E-state index contributed by atoms with van der Waals surface area (Å²) in [5.74, 6) is -0.713. The molecule has 8 nitrogen and oxygen atoms in total. The Morgan fingerprint density at radius 3 is 2.68 bits per heavy atom. The zero-order chi connectivity index (χ0) is 23.9. The van der Waals surface area contributed by atoms with Gasteiger partial charge in [0.25, 0.3) is 5.91 Å². The first kappa shape index (κ1) is 21.7. The minimum Gasteiger partial charge on any atom is -0.467 e. The van der Waals surface area contributed by atoms with Crippen LogP contribution in [0.3, 0.4) is 0 Å². The lowest BCUT2D eigenvalue weighted by molar-refractivity contribution is -0.174. The number of carbonyl (C=O) groups excluding carboxylic acids is 1. The number of amides is 1. The lowest BCUT2D eigenvalue weighted by Gasteiger charge is -2.32. The van der Waals surface area contributed by atoms with Crippen molar-refractivity contribution in [2.45, 2.75) is 31.2 Å². The number of halogens is 4. The van der Waals surface area contributed by atoms with Gasteiger partial charge in [-0.3, -0.25) is 9.48 Å². The van der Waals surface area contributed by atoms with Crippen LogP contribution < -0.4 is 10.6 Å². The number of aromatic nitrogens is 4. The molecule has 0 saturated heterocycles. The molecule has 4 aromatic rings. The van der Waals surface area contributed by atoms with Crippen molar-refractivity contribution in [1.82, 2.24) is 19.6 Å². The van der Waals surface area contributed by atoms with Crippen molar-refractivity contribution in [1.29, 1.82) is 0 Å². The Morgan fingerprint density at radius 1 is 1.18 bits per heavy atom. The number of nitrogens with one attached hydrogen (secondary N) is 2. The van der Waals surface area contributed by atoms with E-state index in [0.29, 0.717) is 18.0 Å². The number of hydrogen-bond donors (Lipinski definition) is 2. The third-order valence-corrected chi connectivity index (χ3v) is 5.52. The van der Waals surface area contributed by atoms with Gasteiger partial charge in [-0.25, -0.2) is 9.07 Å². The van der Waals surface area contributed by atoms with E-state index in [2.05, 4.69) is 20.8 Å². The molecule has 0 spiro atoms. The predicted octanol–water partition coefficient (Wildman–Crippen LogP) is 4.77. The molecule has 4 heterocycles. The van der Waals surface area contributed by atoms with Crippen molar-refractivity contribution in [3.8, 4) is 0 Å². The number of alkyl halides is 3. The predicted molar refractivity (Wildman–Crippen MR) is 113 cm³/mol. The van der Waals surface area contributed by atoms with E-state index in [-0.39, 0.29) is 23.6 Å². The lowest BCUT2D eigenvalue weighted by Crippen LogP contribution is -2.36. The Labute approximate surface area is 190 Å². The highest BCUT2D eigenvalue weighted by Gasteiger charge is 2.47. The fourth-order valence-corrected chi connectivity index (χ4v) is 3.89. The SMILES string of the molecule is O=C(Nc1cnn(Cc2ccc(F)cc2)c1)c1cnn2c1N[C@@H](c1ccco1)C[C@H]2C(F)(F)F. The molecule has 0 fully saturated rings. The van der Waals surface area contributed by atoms with Gasteiger partial charge in [-0.1, -0.05) is 12.1 Å². The maximum absolute atomic E-state index is 13.7. The molecule has 0 saturated carbocycles. The summed E-state index contributed by atoms with van der Waals surface area (Å²) < 4.78 is 61.9. The van der Waals surface area contributed by atoms with E-state index >= 15 is 0 Å². The van der Waals surface area contributed by atoms with Crippen LogP contribution >= 0.6 is 0 Å². The van der Waals surface area contributed by atoms with Gasteiger partial charge in [0.2, 0.25) is 0 Å². The van der Waals surface area contributed by atoms with E-state index in [4.69, 9.17) is 4.42 Å². The fourth-order valence-electron chi connectivity index (χ4n) is 3.89. The molecule has 1 aliphatic rings. The van der Waals surface area contributed by atoms with Gasteiger partial charge < -0.3 is 15.1 Å². The highest BCUT2D eigenvalue weighted by molar-refractivity contribution is 6.07. The van der Waals surface area contributed by atoms with Crippen LogP contribution in [0.2, 0.25) is 0 Å². The Hall–Kier alpha value is -4.09. The second kappa shape index (κ2) is 8.36. The highest BCUT2D eigenvalue weighted by Crippen LogP contribution is 2.44. The van der Waals surface area contributed by atoms with E-state index in [0.717, 1.165) is 16.4 Å². The topological polar surface area (TPSA) is 89.9 Å². The normalized spacial score (nSPS) is 17.8. The van der Waals surface area contributed by atoms with Gasteiger partial charge in [0, 0.05) is 12.6 Å². The van der Waals surface area contributed by atoms with Crippen LogP contribution in [0.5, 0.6) is 0 Å². The van der Waals surface area contributed by atoms with Crippen LogP contribution in [-0.2, 0) is 6.54 Å². The van der Waals surface area contributed by atoms with Crippen molar-refractivity contribution in [3.63, 3.8) is 0 Å². The van der Waals surface area contributed by atoms with Crippen molar-refractivity contribution in [2.24, 2.45) is 0 Å². The molecule has 0 unspecified atom stereocenters. The smallest absolute Gasteiger partial charge is 0.410 e. The summed E-state index contributed by atoms with van der Waals surface area (Å²) in [6.07, 6.45) is 0.558. The average molecular weight is 474 g/mol. The molecule has 1 aliphatic heterocycles. The average Bonchev–Trinajstić information content (AvgIpc) is 3.55. The van der Waals surface area contributed by atoms with Gasteiger partial charge in [0.15, 0.2) is 6.04 Å². The van der Waals surface area contributed by atoms with E-state index in [1.54, 1.807) is 35.1 Å². The highest BCUT2D eigenvalue weighted by atomic mass is 19.4. The Balaban J connectivity index is 1.36. The van der Waals surface area contributed by atoms with Crippen molar-refractivity contribution < 1.29 is 26.8 Å². The summed E-state index contributed by atoms with van der Waals surface area (Å²) in [6, 6.07) is 6.37. The number of carbonyl (C=O) groups is 1. The molecule has 176 valence electrons. The summed E-state index contributed by atoms with van der Waals surface area (Å²) >= 11 is 0. The van der Waals surface area contributed by atoms with Crippen LogP contribution in [0.25, 0.3) is 0 Å². The van der Waals surface area contributed by atoms with Gasteiger partial charge >= 0.3 is 6.18 Å². The van der Waals surface area contributed by atoms with Gasteiger partial charge in [-0.05, 0) is 29.8 Å². The molecule has 0 aliphatic carbocycles. The molecule has 2 atom stereocenters. The Kier molecular flexibility index (Phi) is 5.34. The molecule has 3 aromatic heterocycles. The molecule has 34 heavy (non-hydrogen) atoms. The second-order valence-electron chi connectivity index (χ2n) is 7.86. The van der Waals surface area contributed by atoms with Gasteiger partial charge in [-0.2, -0.15) is 23.4 Å². The van der Waals surface area contributed by atoms with E-state index in [1.165, 1.54) is 24.6 Å². The number of fused-ring (bicyclic) bond motifs is 1. The third-order valence-electron chi connectivity index (χ3n) is 5.52. The summed E-state index contributed by atoms with van der Waals surface area (Å²) in [6.45, 7) is 0.346. The maximum Gasteiger partial charge on any atom is 0.410 e. The van der Waals surface area contributed by atoms with Crippen molar-refractivity contribution in [3.05, 3.63) is 84.0 Å². The summed E-state index contributed by atoms with van der Waals surface area (Å²) in [4.78, 5) is 12.9. The number of benzene rings is 1. The van der Waals surface area contributed by atoms with Gasteiger partial charge in [0.1, 0.15) is 23.0 Å². The fraction of sp³-hybridized carbons (Fsp3) is 0.227. The molecule has 2 N–H and O–H groups in total.